The van der Waals surface area contributed by atoms with Crippen molar-refractivity contribution in [2.24, 2.45) is 0 Å². The number of ether oxygens (including phenoxy) is 2. The monoisotopic (exact) mass is 520 g/mol. The van der Waals surface area contributed by atoms with Crippen LogP contribution in [0.3, 0.4) is 0 Å². The first-order chi connectivity index (χ1) is 18.6. The number of benzene rings is 2. The largest absolute Gasteiger partial charge is 0.496 e. The Morgan fingerprint density at radius 1 is 1.11 bits per heavy atom. The Hall–Kier alpha value is -3.40. The Bertz CT molecular complexity index is 1350. The van der Waals surface area contributed by atoms with Crippen molar-refractivity contribution < 1.29 is 14.6 Å². The Kier molecular flexibility index (Phi) is 9.38. The number of nitrogens with two attached hydrogens (primary N) is 1. The van der Waals surface area contributed by atoms with Gasteiger partial charge in [-0.3, -0.25) is 0 Å². The molecule has 0 atom stereocenters. The highest BCUT2D eigenvalue weighted by atomic mass is 16.5. The smallest absolute Gasteiger partial charge is 0.222 e. The van der Waals surface area contributed by atoms with Crippen LogP contribution in [0.5, 0.6) is 5.75 Å². The summed E-state index contributed by atoms with van der Waals surface area (Å²) in [6.07, 6.45) is 4.68. The van der Waals surface area contributed by atoms with E-state index in [2.05, 4.69) is 68.5 Å². The number of aliphatic hydroxyl groups is 1. The third-order valence-corrected chi connectivity index (χ3v) is 7.14. The van der Waals surface area contributed by atoms with Gasteiger partial charge in [-0.2, -0.15) is 4.98 Å². The van der Waals surface area contributed by atoms with Crippen molar-refractivity contribution in [2.75, 3.05) is 38.9 Å². The van der Waals surface area contributed by atoms with Gasteiger partial charge in [0.2, 0.25) is 5.95 Å². The van der Waals surface area contributed by atoms with E-state index in [1.54, 1.807) is 14.2 Å². The van der Waals surface area contributed by atoms with Crippen molar-refractivity contribution in [3.63, 3.8) is 0 Å². The van der Waals surface area contributed by atoms with E-state index in [1.165, 1.54) is 5.56 Å². The minimum absolute atomic E-state index is 0.279. The molecule has 0 spiro atoms. The quantitative estimate of drug-likeness (QED) is 0.216. The SMILES string of the molecule is CCCCNc1nc(N)nc2c3ccccc3n(Cc3cc(CNC4CC(OC)C4)ccc3OC)c12.CO. The van der Waals surface area contributed by atoms with Gasteiger partial charge in [-0.15, -0.1) is 0 Å². The lowest BCUT2D eigenvalue weighted by Crippen LogP contribution is -2.44. The highest BCUT2D eigenvalue weighted by Gasteiger charge is 2.28. The zero-order valence-corrected chi connectivity index (χ0v) is 22.8. The lowest BCUT2D eigenvalue weighted by atomic mass is 9.89. The summed E-state index contributed by atoms with van der Waals surface area (Å²) in [5.74, 6) is 1.92. The minimum Gasteiger partial charge on any atom is -0.496 e. The normalized spacial score (nSPS) is 16.7. The third-order valence-electron chi connectivity index (χ3n) is 7.14. The lowest BCUT2D eigenvalue weighted by molar-refractivity contribution is 0.0170. The van der Waals surface area contributed by atoms with Crippen LogP contribution in [0, 0.1) is 0 Å². The molecule has 2 aromatic heterocycles. The van der Waals surface area contributed by atoms with Crippen molar-refractivity contribution in [2.45, 2.75) is 57.8 Å². The second kappa shape index (κ2) is 12.9. The summed E-state index contributed by atoms with van der Waals surface area (Å²) in [6.45, 7) is 4.46. The molecule has 4 aromatic rings. The van der Waals surface area contributed by atoms with Gasteiger partial charge in [-0.05, 0) is 43.0 Å². The number of unbranched alkanes of at least 4 members (excludes halogenated alkanes) is 1. The number of para-hydroxylation sites is 1. The molecule has 0 bridgehead atoms. The molecule has 204 valence electrons. The minimum atomic E-state index is 0.279. The van der Waals surface area contributed by atoms with Crippen LogP contribution < -0.4 is 21.1 Å². The maximum Gasteiger partial charge on any atom is 0.222 e. The van der Waals surface area contributed by atoms with Crippen molar-refractivity contribution in [1.82, 2.24) is 19.9 Å². The standard InChI is InChI=1S/C28H36N6O2.CH4O/c1-4-5-12-30-27-26-25(32-28(29)33-27)22-8-6-7-9-23(22)34(26)17-19-13-18(10-11-24(19)36-3)16-31-20-14-21(15-20)35-2;1-2/h6-11,13,20-21,31H,4-5,12,14-17H2,1-3H3,(H3,29,30,32,33);2H,1H3. The number of methoxy groups -OCH3 is 2. The van der Waals surface area contributed by atoms with Crippen molar-refractivity contribution in [3.05, 3.63) is 53.6 Å². The van der Waals surface area contributed by atoms with E-state index in [4.69, 9.17) is 20.3 Å². The second-order valence-electron chi connectivity index (χ2n) is 9.56. The van der Waals surface area contributed by atoms with Gasteiger partial charge < -0.3 is 35.5 Å². The molecule has 0 radical (unpaired) electrons. The van der Waals surface area contributed by atoms with Crippen LogP contribution in [-0.2, 0) is 17.8 Å². The summed E-state index contributed by atoms with van der Waals surface area (Å²) in [4.78, 5) is 9.24. The molecule has 1 saturated carbocycles. The summed E-state index contributed by atoms with van der Waals surface area (Å²) < 4.78 is 13.5. The Morgan fingerprint density at radius 3 is 2.63 bits per heavy atom. The molecule has 2 heterocycles. The topological polar surface area (TPSA) is 119 Å². The number of nitrogen functional groups attached to an aromatic ring is 1. The number of nitrogens with one attached hydrogen (secondary N) is 2. The van der Waals surface area contributed by atoms with Gasteiger partial charge in [-0.25, -0.2) is 4.98 Å². The number of fused-ring (bicyclic) bond motifs is 3. The number of aliphatic hydroxyl groups excluding tert-OH is 1. The van der Waals surface area contributed by atoms with E-state index >= 15 is 0 Å². The van der Waals surface area contributed by atoms with Crippen LogP contribution in [0.2, 0.25) is 0 Å². The third kappa shape index (κ3) is 5.85. The van der Waals surface area contributed by atoms with E-state index in [-0.39, 0.29) is 5.95 Å². The molecule has 0 unspecified atom stereocenters. The maximum atomic E-state index is 7.00. The van der Waals surface area contributed by atoms with Crippen LogP contribution >= 0.6 is 0 Å². The fourth-order valence-corrected chi connectivity index (χ4v) is 5.04. The first-order valence-electron chi connectivity index (χ1n) is 13.3. The highest BCUT2D eigenvalue weighted by Crippen LogP contribution is 2.34. The first-order valence-corrected chi connectivity index (χ1v) is 13.3. The number of nitrogens with zero attached hydrogens (tertiary/aromatic N) is 3. The fourth-order valence-electron chi connectivity index (χ4n) is 5.04. The molecule has 38 heavy (non-hydrogen) atoms. The average molecular weight is 521 g/mol. The average Bonchev–Trinajstić information content (AvgIpc) is 3.22. The molecule has 1 aliphatic carbocycles. The van der Waals surface area contributed by atoms with Gasteiger partial charge in [0.1, 0.15) is 16.8 Å². The molecule has 0 saturated heterocycles. The van der Waals surface area contributed by atoms with Gasteiger partial charge in [-0.1, -0.05) is 37.6 Å². The number of aromatic nitrogens is 3. The van der Waals surface area contributed by atoms with Gasteiger partial charge >= 0.3 is 0 Å². The molecular weight excluding hydrogens is 480 g/mol. The fraction of sp³-hybridized carbons (Fsp3) is 0.448. The van der Waals surface area contributed by atoms with Gasteiger partial charge in [0.25, 0.3) is 0 Å². The molecule has 2 aromatic carbocycles. The van der Waals surface area contributed by atoms with Crippen LogP contribution in [0.1, 0.15) is 43.7 Å². The Morgan fingerprint density at radius 2 is 1.89 bits per heavy atom. The first kappa shape index (κ1) is 27.6. The van der Waals surface area contributed by atoms with Crippen LogP contribution in [0.15, 0.2) is 42.5 Å². The molecule has 9 nitrogen and oxygen atoms in total. The van der Waals surface area contributed by atoms with Gasteiger partial charge in [0.05, 0.1) is 25.3 Å². The van der Waals surface area contributed by atoms with Gasteiger partial charge in [0, 0.05) is 44.3 Å². The van der Waals surface area contributed by atoms with E-state index in [9.17, 15) is 0 Å². The van der Waals surface area contributed by atoms with Crippen molar-refractivity contribution >= 4 is 33.7 Å². The van der Waals surface area contributed by atoms with Crippen molar-refractivity contribution in [1.29, 1.82) is 0 Å². The van der Waals surface area contributed by atoms with E-state index in [1.807, 2.05) is 6.07 Å². The second-order valence-corrected chi connectivity index (χ2v) is 9.56. The molecule has 5 rings (SSSR count). The zero-order chi connectivity index (χ0) is 27.1. The molecule has 1 aliphatic rings. The molecular formula is C29H40N6O3. The lowest BCUT2D eigenvalue weighted by Gasteiger charge is -2.34. The number of hydrogen-bond acceptors (Lipinski definition) is 8. The Balaban J connectivity index is 0.00000164. The van der Waals surface area contributed by atoms with Gasteiger partial charge in [0.15, 0.2) is 5.82 Å². The molecule has 9 heteroatoms. The summed E-state index contributed by atoms with van der Waals surface area (Å²) in [5.41, 5.74) is 11.4. The van der Waals surface area contributed by atoms with Crippen molar-refractivity contribution in [3.8, 4) is 5.75 Å². The summed E-state index contributed by atoms with van der Waals surface area (Å²) in [7, 11) is 4.51. The summed E-state index contributed by atoms with van der Waals surface area (Å²) >= 11 is 0. The maximum absolute atomic E-state index is 7.00. The molecule has 0 amide bonds. The predicted octanol–water partition coefficient (Wildman–Crippen LogP) is 4.31. The predicted molar refractivity (Wildman–Crippen MR) is 154 cm³/mol. The van der Waals surface area contributed by atoms with E-state index in [0.717, 1.165) is 84.9 Å². The summed E-state index contributed by atoms with van der Waals surface area (Å²) in [5, 5.41) is 15.2. The van der Waals surface area contributed by atoms with Crippen LogP contribution in [-0.4, -0.2) is 59.7 Å². The highest BCUT2D eigenvalue weighted by molar-refractivity contribution is 6.09. The molecule has 1 fully saturated rings. The molecule has 0 aliphatic heterocycles. The van der Waals surface area contributed by atoms with E-state index in [0.29, 0.717) is 18.7 Å². The number of hydrogen-bond donors (Lipinski definition) is 4. The van der Waals surface area contributed by atoms with Crippen LogP contribution in [0.4, 0.5) is 11.8 Å². The zero-order valence-electron chi connectivity index (χ0n) is 22.8. The van der Waals surface area contributed by atoms with Crippen LogP contribution in [0.25, 0.3) is 21.9 Å². The van der Waals surface area contributed by atoms with E-state index < -0.39 is 0 Å². The number of anilines is 2. The molecule has 5 N–H and O–H groups in total. The summed E-state index contributed by atoms with van der Waals surface area (Å²) in [6, 6.07) is 15.3. The number of rotatable bonds is 11. The Labute approximate surface area is 224 Å².